The fraction of sp³-hybridized carbons (Fsp3) is 0.286. The van der Waals surface area contributed by atoms with Crippen LogP contribution in [0, 0.1) is 0 Å². The standard InChI is InChI=1S/C14H11Cl2NO3/c15-9-5-8-6-10(13(18)17-3-1-2-4-17)14(19)20-12(8)11(16)7-9/h5-7H,1-4H2. The number of likely N-dealkylation sites (tertiary alicyclic amines) is 1. The zero-order valence-electron chi connectivity index (χ0n) is 10.5. The van der Waals surface area contributed by atoms with E-state index in [1.54, 1.807) is 11.0 Å². The molecule has 20 heavy (non-hydrogen) atoms. The highest BCUT2D eigenvalue weighted by atomic mass is 35.5. The predicted molar refractivity (Wildman–Crippen MR) is 77.6 cm³/mol. The van der Waals surface area contributed by atoms with Gasteiger partial charge in [0.1, 0.15) is 5.56 Å². The van der Waals surface area contributed by atoms with E-state index >= 15 is 0 Å². The lowest BCUT2D eigenvalue weighted by atomic mass is 10.1. The van der Waals surface area contributed by atoms with Crippen LogP contribution >= 0.6 is 23.2 Å². The number of fused-ring (bicyclic) bond motifs is 1. The van der Waals surface area contributed by atoms with E-state index in [1.807, 2.05) is 0 Å². The average molecular weight is 312 g/mol. The lowest BCUT2D eigenvalue weighted by Crippen LogP contribution is -2.31. The fourth-order valence-corrected chi connectivity index (χ4v) is 2.94. The lowest BCUT2D eigenvalue weighted by molar-refractivity contribution is 0.0789. The number of benzene rings is 1. The molecule has 1 aromatic carbocycles. The molecule has 3 rings (SSSR count). The average Bonchev–Trinajstić information content (AvgIpc) is 2.92. The Hall–Kier alpha value is -1.52. The summed E-state index contributed by atoms with van der Waals surface area (Å²) in [7, 11) is 0. The molecule has 1 aliphatic rings. The number of hydrogen-bond acceptors (Lipinski definition) is 3. The number of rotatable bonds is 1. The van der Waals surface area contributed by atoms with Crippen LogP contribution < -0.4 is 5.63 Å². The molecular formula is C14H11Cl2NO3. The number of nitrogens with zero attached hydrogens (tertiary/aromatic N) is 1. The normalized spacial score (nSPS) is 15.0. The summed E-state index contributed by atoms with van der Waals surface area (Å²) in [6.07, 6.45) is 1.92. The van der Waals surface area contributed by atoms with Gasteiger partial charge in [-0.25, -0.2) is 4.79 Å². The highest BCUT2D eigenvalue weighted by Crippen LogP contribution is 2.27. The van der Waals surface area contributed by atoms with Crippen LogP contribution in [0.25, 0.3) is 11.0 Å². The second-order valence-corrected chi connectivity index (χ2v) is 5.60. The van der Waals surface area contributed by atoms with Crippen LogP contribution in [0.5, 0.6) is 0 Å². The second-order valence-electron chi connectivity index (χ2n) is 4.75. The van der Waals surface area contributed by atoms with Crippen molar-refractivity contribution in [1.29, 1.82) is 0 Å². The van der Waals surface area contributed by atoms with Crippen molar-refractivity contribution in [2.75, 3.05) is 13.1 Å². The molecule has 2 heterocycles. The SMILES string of the molecule is O=C(c1cc2cc(Cl)cc(Cl)c2oc1=O)N1CCCC1. The van der Waals surface area contributed by atoms with Gasteiger partial charge in [-0.1, -0.05) is 23.2 Å². The second kappa shape index (κ2) is 5.11. The van der Waals surface area contributed by atoms with Crippen molar-refractivity contribution in [3.63, 3.8) is 0 Å². The summed E-state index contributed by atoms with van der Waals surface area (Å²) in [5.41, 5.74) is -0.393. The number of hydrogen-bond donors (Lipinski definition) is 0. The Morgan fingerprint density at radius 3 is 2.55 bits per heavy atom. The molecule has 0 unspecified atom stereocenters. The third kappa shape index (κ3) is 2.30. The summed E-state index contributed by atoms with van der Waals surface area (Å²) in [5.74, 6) is -0.297. The molecule has 2 aromatic rings. The molecule has 0 N–H and O–H groups in total. The van der Waals surface area contributed by atoms with E-state index in [0.29, 0.717) is 23.5 Å². The molecule has 4 nitrogen and oxygen atoms in total. The molecule has 1 aliphatic heterocycles. The molecule has 1 amide bonds. The van der Waals surface area contributed by atoms with Gasteiger partial charge in [-0.05, 0) is 31.0 Å². The molecular weight excluding hydrogens is 301 g/mol. The molecule has 0 saturated carbocycles. The minimum absolute atomic E-state index is 0.0257. The molecule has 0 atom stereocenters. The number of amides is 1. The van der Waals surface area contributed by atoms with E-state index in [9.17, 15) is 9.59 Å². The van der Waals surface area contributed by atoms with Gasteiger partial charge in [0, 0.05) is 23.5 Å². The van der Waals surface area contributed by atoms with Crippen molar-refractivity contribution < 1.29 is 9.21 Å². The monoisotopic (exact) mass is 311 g/mol. The number of halogens is 2. The molecule has 0 radical (unpaired) electrons. The maximum Gasteiger partial charge on any atom is 0.349 e. The topological polar surface area (TPSA) is 50.5 Å². The van der Waals surface area contributed by atoms with Gasteiger partial charge in [-0.2, -0.15) is 0 Å². The largest absolute Gasteiger partial charge is 0.421 e. The van der Waals surface area contributed by atoms with Crippen LogP contribution in [-0.4, -0.2) is 23.9 Å². The number of carbonyl (C=O) groups is 1. The molecule has 1 saturated heterocycles. The minimum Gasteiger partial charge on any atom is -0.421 e. The van der Waals surface area contributed by atoms with E-state index in [1.165, 1.54) is 12.1 Å². The first kappa shape index (κ1) is 13.5. The van der Waals surface area contributed by atoms with Gasteiger partial charge in [-0.15, -0.1) is 0 Å². The quantitative estimate of drug-likeness (QED) is 0.759. The van der Waals surface area contributed by atoms with Crippen LogP contribution in [0.4, 0.5) is 0 Å². The summed E-state index contributed by atoms with van der Waals surface area (Å²) in [6, 6.07) is 4.61. The Bertz CT molecular complexity index is 748. The Kier molecular flexibility index (Phi) is 3.44. The van der Waals surface area contributed by atoms with Crippen LogP contribution in [0.1, 0.15) is 23.2 Å². The molecule has 1 fully saturated rings. The third-order valence-electron chi connectivity index (χ3n) is 3.38. The van der Waals surface area contributed by atoms with Gasteiger partial charge in [0.2, 0.25) is 0 Å². The zero-order valence-corrected chi connectivity index (χ0v) is 12.0. The maximum atomic E-state index is 12.3. The summed E-state index contributed by atoms with van der Waals surface area (Å²) in [6.45, 7) is 1.35. The van der Waals surface area contributed by atoms with Crippen molar-refractivity contribution in [2.45, 2.75) is 12.8 Å². The van der Waals surface area contributed by atoms with Crippen molar-refractivity contribution in [3.8, 4) is 0 Å². The zero-order chi connectivity index (χ0) is 14.3. The van der Waals surface area contributed by atoms with Crippen molar-refractivity contribution in [1.82, 2.24) is 4.90 Å². The van der Waals surface area contributed by atoms with Gasteiger partial charge in [0.25, 0.3) is 5.91 Å². The highest BCUT2D eigenvalue weighted by Gasteiger charge is 2.23. The molecule has 0 bridgehead atoms. The van der Waals surface area contributed by atoms with E-state index in [2.05, 4.69) is 0 Å². The molecule has 1 aromatic heterocycles. The van der Waals surface area contributed by atoms with Gasteiger partial charge in [0.15, 0.2) is 5.58 Å². The summed E-state index contributed by atoms with van der Waals surface area (Å²) in [4.78, 5) is 25.9. The van der Waals surface area contributed by atoms with Crippen molar-refractivity contribution >= 4 is 40.1 Å². The van der Waals surface area contributed by atoms with Gasteiger partial charge in [-0.3, -0.25) is 4.79 Å². The summed E-state index contributed by atoms with van der Waals surface area (Å²) in [5, 5.41) is 1.23. The van der Waals surface area contributed by atoms with E-state index in [4.69, 9.17) is 27.6 Å². The maximum absolute atomic E-state index is 12.3. The van der Waals surface area contributed by atoms with Gasteiger partial charge in [0.05, 0.1) is 5.02 Å². The Labute approximate surface area is 124 Å². The molecule has 0 spiro atoms. The van der Waals surface area contributed by atoms with E-state index in [-0.39, 0.29) is 22.1 Å². The molecule has 104 valence electrons. The van der Waals surface area contributed by atoms with Gasteiger partial charge < -0.3 is 9.32 Å². The Morgan fingerprint density at radius 2 is 1.85 bits per heavy atom. The fourth-order valence-electron chi connectivity index (χ4n) is 2.40. The van der Waals surface area contributed by atoms with Crippen LogP contribution in [0.15, 0.2) is 27.4 Å². The van der Waals surface area contributed by atoms with Crippen LogP contribution in [0.2, 0.25) is 10.0 Å². The highest BCUT2D eigenvalue weighted by molar-refractivity contribution is 6.38. The van der Waals surface area contributed by atoms with Gasteiger partial charge >= 0.3 is 5.63 Å². The Balaban J connectivity index is 2.14. The summed E-state index contributed by atoms with van der Waals surface area (Å²) >= 11 is 11.9. The Morgan fingerprint density at radius 1 is 1.15 bits per heavy atom. The number of carbonyl (C=O) groups excluding carboxylic acids is 1. The third-order valence-corrected chi connectivity index (χ3v) is 3.87. The van der Waals surface area contributed by atoms with Crippen LogP contribution in [-0.2, 0) is 0 Å². The van der Waals surface area contributed by atoms with Crippen LogP contribution in [0.3, 0.4) is 0 Å². The van der Waals surface area contributed by atoms with E-state index in [0.717, 1.165) is 12.8 Å². The predicted octanol–water partition coefficient (Wildman–Crippen LogP) is 3.34. The van der Waals surface area contributed by atoms with E-state index < -0.39 is 5.63 Å². The lowest BCUT2D eigenvalue weighted by Gasteiger charge is -2.14. The van der Waals surface area contributed by atoms with Crippen molar-refractivity contribution in [2.24, 2.45) is 0 Å². The van der Waals surface area contributed by atoms with Crippen molar-refractivity contribution in [3.05, 3.63) is 44.2 Å². The first-order valence-electron chi connectivity index (χ1n) is 6.28. The minimum atomic E-state index is -0.668. The smallest absolute Gasteiger partial charge is 0.349 e. The summed E-state index contributed by atoms with van der Waals surface area (Å²) < 4.78 is 5.17. The first-order chi connectivity index (χ1) is 9.56. The molecule has 0 aliphatic carbocycles. The first-order valence-corrected chi connectivity index (χ1v) is 7.04. The molecule has 6 heteroatoms.